The molecule has 0 aliphatic rings. The number of halogens is 3. The minimum atomic E-state index is -5.23. The molecule has 2 rings (SSSR count). The van der Waals surface area contributed by atoms with E-state index >= 15 is 0 Å². The number of rotatable bonds is 3. The van der Waals surface area contributed by atoms with Crippen molar-refractivity contribution in [2.75, 3.05) is 0 Å². The third kappa shape index (κ3) is 3.12. The van der Waals surface area contributed by atoms with Crippen molar-refractivity contribution in [1.82, 2.24) is 4.73 Å². The van der Waals surface area contributed by atoms with Gasteiger partial charge in [-0.25, -0.2) is 0 Å². The molecule has 1 heterocycles. The van der Waals surface area contributed by atoms with Crippen molar-refractivity contribution >= 4 is 27.1 Å². The molecule has 0 fully saturated rings. The predicted octanol–water partition coefficient (Wildman–Crippen LogP) is 1.76. The van der Waals surface area contributed by atoms with E-state index in [1.807, 2.05) is 0 Å². The highest BCUT2D eigenvalue weighted by atomic mass is 32.3. The number of pyridine rings is 1. The topological polar surface area (TPSA) is 103 Å². The normalized spacial score (nSPS) is 12.4. The number of carbonyl (C=O) groups excluding carboxylic acids is 1. The summed E-state index contributed by atoms with van der Waals surface area (Å²) >= 11 is 0. The molecule has 0 radical (unpaired) electrons. The maximum absolute atomic E-state index is 13.2. The second-order valence-electron chi connectivity index (χ2n) is 4.84. The summed E-state index contributed by atoms with van der Waals surface area (Å²) < 4.78 is 74.7. The van der Waals surface area contributed by atoms with Crippen LogP contribution in [0, 0.1) is 6.92 Å². The monoisotopic (exact) mass is 365 g/mol. The Bertz CT molecular complexity index is 1010. The van der Waals surface area contributed by atoms with Crippen molar-refractivity contribution in [1.29, 1.82) is 0 Å². The van der Waals surface area contributed by atoms with Gasteiger partial charge < -0.3 is 0 Å². The number of hydrogen-bond donors (Lipinski definition) is 1. The summed E-state index contributed by atoms with van der Waals surface area (Å²) in [4.78, 5) is 23.9. The molecule has 0 saturated carbocycles. The summed E-state index contributed by atoms with van der Waals surface area (Å²) in [6.07, 6.45) is -4.94. The first kappa shape index (κ1) is 17.9. The van der Waals surface area contributed by atoms with Gasteiger partial charge in [0.1, 0.15) is 5.52 Å². The van der Waals surface area contributed by atoms with Gasteiger partial charge in [0.05, 0.1) is 22.2 Å². The van der Waals surface area contributed by atoms with Gasteiger partial charge in [0, 0.05) is 0 Å². The molecule has 0 saturated heterocycles. The first-order chi connectivity index (χ1) is 10.8. The van der Waals surface area contributed by atoms with Gasteiger partial charge in [0.25, 0.3) is 0 Å². The number of fused-ring (bicyclic) bond motifs is 1. The van der Waals surface area contributed by atoms with Crippen LogP contribution in [0.5, 0.6) is 0 Å². The van der Waals surface area contributed by atoms with E-state index in [0.29, 0.717) is 6.07 Å². The summed E-state index contributed by atoms with van der Waals surface area (Å²) in [5.74, 6) is -0.801. The van der Waals surface area contributed by atoms with E-state index in [2.05, 4.69) is 4.28 Å². The molecule has 1 N–H and O–H groups in total. The van der Waals surface area contributed by atoms with E-state index in [4.69, 9.17) is 4.55 Å². The zero-order valence-electron chi connectivity index (χ0n) is 12.2. The average molecular weight is 365 g/mol. The zero-order valence-corrected chi connectivity index (χ0v) is 13.0. The molecular weight excluding hydrogens is 355 g/mol. The molecule has 130 valence electrons. The lowest BCUT2D eigenvalue weighted by molar-refractivity contribution is -0.136. The van der Waals surface area contributed by atoms with Gasteiger partial charge in [0.15, 0.2) is 5.78 Å². The van der Waals surface area contributed by atoms with Gasteiger partial charge in [-0.2, -0.15) is 26.3 Å². The average Bonchev–Trinajstić information content (AvgIpc) is 2.40. The summed E-state index contributed by atoms with van der Waals surface area (Å²) in [5, 5.41) is -0.579. The Kier molecular flexibility index (Phi) is 4.19. The maximum atomic E-state index is 13.2. The molecule has 0 amide bonds. The van der Waals surface area contributed by atoms with Crippen LogP contribution in [0.4, 0.5) is 13.2 Å². The summed E-state index contributed by atoms with van der Waals surface area (Å²) in [5.41, 5.74) is -4.33. The molecule has 0 unspecified atom stereocenters. The Morgan fingerprint density at radius 3 is 2.33 bits per heavy atom. The van der Waals surface area contributed by atoms with Crippen LogP contribution in [0.25, 0.3) is 10.9 Å². The summed E-state index contributed by atoms with van der Waals surface area (Å²) in [6, 6.07) is 2.53. The molecule has 0 bridgehead atoms. The number of alkyl halides is 3. The first-order valence-corrected chi connectivity index (χ1v) is 7.65. The van der Waals surface area contributed by atoms with Crippen molar-refractivity contribution in [2.45, 2.75) is 20.0 Å². The molecule has 2 aromatic rings. The lowest BCUT2D eigenvalue weighted by atomic mass is 10.0. The number of hydrogen-bond acceptors (Lipinski definition) is 5. The van der Waals surface area contributed by atoms with Crippen LogP contribution in [0.2, 0.25) is 0 Å². The van der Waals surface area contributed by atoms with Crippen LogP contribution < -0.4 is 9.71 Å². The third-order valence-corrected chi connectivity index (χ3v) is 3.54. The lowest BCUT2D eigenvalue weighted by Crippen LogP contribution is -2.29. The highest BCUT2D eigenvalue weighted by Crippen LogP contribution is 2.34. The van der Waals surface area contributed by atoms with E-state index in [-0.39, 0.29) is 4.73 Å². The number of para-hydroxylation sites is 1. The van der Waals surface area contributed by atoms with E-state index in [0.717, 1.165) is 26.0 Å². The van der Waals surface area contributed by atoms with E-state index in [9.17, 15) is 31.2 Å². The second-order valence-corrected chi connectivity index (χ2v) is 5.85. The Morgan fingerprint density at radius 1 is 1.29 bits per heavy atom. The molecule has 7 nitrogen and oxygen atoms in total. The van der Waals surface area contributed by atoms with Gasteiger partial charge in [0.2, 0.25) is 5.43 Å². The minimum absolute atomic E-state index is 0.117. The fourth-order valence-corrected chi connectivity index (χ4v) is 2.72. The number of ketones is 1. The lowest BCUT2D eigenvalue weighted by Gasteiger charge is -2.18. The van der Waals surface area contributed by atoms with Crippen molar-refractivity contribution in [3.63, 3.8) is 0 Å². The standard InChI is InChI=1S/C13H10F3NO6S/c1-6-10(7(2)18)12(19)8-4-3-5-9(13(14,15)16)11(8)17(6)23-24(20,21)22/h3-5H,1-2H3,(H,20,21,22). The third-order valence-electron chi connectivity index (χ3n) is 3.20. The Morgan fingerprint density at radius 2 is 1.88 bits per heavy atom. The largest absolute Gasteiger partial charge is 0.465 e. The molecule has 1 aromatic heterocycles. The Labute approximate surface area is 133 Å². The van der Waals surface area contributed by atoms with E-state index < -0.39 is 55.5 Å². The Hall–Kier alpha value is -2.40. The van der Waals surface area contributed by atoms with Gasteiger partial charge >= 0.3 is 16.6 Å². The van der Waals surface area contributed by atoms with Gasteiger partial charge in [-0.3, -0.25) is 18.4 Å². The van der Waals surface area contributed by atoms with E-state index in [1.165, 1.54) is 0 Å². The van der Waals surface area contributed by atoms with Crippen molar-refractivity contribution in [3.8, 4) is 0 Å². The van der Waals surface area contributed by atoms with Crippen LogP contribution in [-0.4, -0.2) is 23.5 Å². The smallest absolute Gasteiger partial charge is 0.294 e. The van der Waals surface area contributed by atoms with E-state index in [1.54, 1.807) is 0 Å². The summed E-state index contributed by atoms with van der Waals surface area (Å²) in [7, 11) is -5.23. The highest BCUT2D eigenvalue weighted by molar-refractivity contribution is 7.81. The van der Waals surface area contributed by atoms with Gasteiger partial charge in [-0.15, -0.1) is 0 Å². The van der Waals surface area contributed by atoms with Crippen molar-refractivity contribution < 1.29 is 35.2 Å². The van der Waals surface area contributed by atoms with Crippen molar-refractivity contribution in [3.05, 3.63) is 45.2 Å². The molecule has 1 aromatic carbocycles. The fraction of sp³-hybridized carbons (Fsp3) is 0.231. The number of benzene rings is 1. The number of Topliss-reactive ketones (excluding diaryl/α,β-unsaturated/α-hetero) is 1. The minimum Gasteiger partial charge on any atom is -0.294 e. The Balaban J connectivity index is 3.14. The maximum Gasteiger partial charge on any atom is 0.465 e. The molecule has 0 aliphatic heterocycles. The van der Waals surface area contributed by atoms with Crippen LogP contribution in [0.15, 0.2) is 23.0 Å². The molecule has 11 heteroatoms. The predicted molar refractivity (Wildman–Crippen MR) is 76.1 cm³/mol. The van der Waals surface area contributed by atoms with Gasteiger partial charge in [-0.05, 0) is 26.0 Å². The summed E-state index contributed by atoms with van der Waals surface area (Å²) in [6.45, 7) is 2.01. The number of nitrogens with zero attached hydrogens (tertiary/aromatic N) is 1. The van der Waals surface area contributed by atoms with Crippen LogP contribution >= 0.6 is 0 Å². The number of carbonyl (C=O) groups is 1. The molecule has 0 atom stereocenters. The second kappa shape index (κ2) is 5.60. The molecular formula is C13H10F3NO6S. The zero-order chi connectivity index (χ0) is 18.4. The van der Waals surface area contributed by atoms with Gasteiger partial charge in [-0.1, -0.05) is 6.07 Å². The molecule has 0 aliphatic carbocycles. The SMILES string of the molecule is CC(=O)c1c(C)n(OS(=O)(=O)O)c2c(C(F)(F)F)cccc2c1=O. The van der Waals surface area contributed by atoms with Crippen LogP contribution in [-0.2, 0) is 16.6 Å². The molecule has 0 spiro atoms. The fourth-order valence-electron chi connectivity index (χ4n) is 2.34. The van der Waals surface area contributed by atoms with Crippen LogP contribution in [0.1, 0.15) is 28.5 Å². The number of aromatic nitrogens is 1. The highest BCUT2D eigenvalue weighted by Gasteiger charge is 2.36. The van der Waals surface area contributed by atoms with Crippen LogP contribution in [0.3, 0.4) is 0 Å². The quantitative estimate of drug-likeness (QED) is 0.657. The van der Waals surface area contributed by atoms with Crippen molar-refractivity contribution in [2.24, 2.45) is 0 Å². The molecule has 24 heavy (non-hydrogen) atoms. The first-order valence-electron chi connectivity index (χ1n) is 6.28.